The Balaban J connectivity index is 2.63. The fourth-order valence-corrected chi connectivity index (χ4v) is 3.14. The number of aryl methyl sites for hydroxylation is 1. The molecule has 0 aliphatic rings. The molecule has 0 heterocycles. The lowest BCUT2D eigenvalue weighted by molar-refractivity contribution is 0.586. The van der Waals surface area contributed by atoms with Crippen molar-refractivity contribution in [2.45, 2.75) is 38.5 Å². The number of hydrogen-bond donors (Lipinski definition) is 1. The minimum absolute atomic E-state index is 0.0627. The molecule has 0 amide bonds. The first-order valence-electron chi connectivity index (χ1n) is 5.97. The van der Waals surface area contributed by atoms with Crippen LogP contribution in [0.5, 0.6) is 0 Å². The van der Waals surface area contributed by atoms with Gasteiger partial charge in [0.2, 0.25) is 0 Å². The molecular formula is C13H21NO2S. The largest absolute Gasteiger partial charge is 0.328 e. The summed E-state index contributed by atoms with van der Waals surface area (Å²) in [5.41, 5.74) is 7.64. The highest BCUT2D eigenvalue weighted by molar-refractivity contribution is 7.90. The van der Waals surface area contributed by atoms with Gasteiger partial charge in [0.15, 0.2) is 9.84 Å². The van der Waals surface area contributed by atoms with Crippen molar-refractivity contribution >= 4 is 9.84 Å². The van der Waals surface area contributed by atoms with Gasteiger partial charge in [-0.3, -0.25) is 0 Å². The Morgan fingerprint density at radius 2 is 1.71 bits per heavy atom. The Morgan fingerprint density at radius 3 is 2.18 bits per heavy atom. The van der Waals surface area contributed by atoms with Crippen LogP contribution in [0.3, 0.4) is 0 Å². The molecule has 4 heteroatoms. The van der Waals surface area contributed by atoms with Gasteiger partial charge in [-0.25, -0.2) is 8.42 Å². The van der Waals surface area contributed by atoms with Crippen molar-refractivity contribution in [2.75, 3.05) is 5.75 Å². The molecule has 0 aromatic heterocycles. The number of rotatable bonds is 6. The third kappa shape index (κ3) is 5.33. The molecule has 0 aliphatic heterocycles. The number of benzene rings is 1. The molecule has 0 fully saturated rings. The SMILES string of the molecule is CCc1ccc(CS(=O)(=O)CCC(C)N)cc1. The van der Waals surface area contributed by atoms with E-state index in [0.29, 0.717) is 6.42 Å². The molecule has 0 aliphatic carbocycles. The van der Waals surface area contributed by atoms with Crippen LogP contribution >= 0.6 is 0 Å². The van der Waals surface area contributed by atoms with Gasteiger partial charge in [-0.2, -0.15) is 0 Å². The first-order chi connectivity index (χ1) is 7.93. The molecule has 1 unspecified atom stereocenters. The van der Waals surface area contributed by atoms with E-state index in [1.54, 1.807) is 0 Å². The third-order valence-corrected chi connectivity index (χ3v) is 4.33. The molecule has 0 bridgehead atoms. The molecule has 0 saturated heterocycles. The van der Waals surface area contributed by atoms with Crippen molar-refractivity contribution in [1.82, 2.24) is 0 Å². The van der Waals surface area contributed by atoms with Crippen molar-refractivity contribution in [3.8, 4) is 0 Å². The summed E-state index contributed by atoms with van der Waals surface area (Å²) < 4.78 is 23.6. The Bertz CT molecular complexity index is 435. The Kier molecular flexibility index (Phi) is 5.15. The molecule has 96 valence electrons. The van der Waals surface area contributed by atoms with E-state index in [0.717, 1.165) is 12.0 Å². The zero-order valence-electron chi connectivity index (χ0n) is 10.5. The standard InChI is InChI=1S/C13H21NO2S/c1-3-12-4-6-13(7-5-12)10-17(15,16)9-8-11(2)14/h4-7,11H,3,8-10,14H2,1-2H3. The second-order valence-electron chi connectivity index (χ2n) is 4.53. The average molecular weight is 255 g/mol. The van der Waals surface area contributed by atoms with Gasteiger partial charge in [0.1, 0.15) is 0 Å². The first kappa shape index (κ1) is 14.2. The third-order valence-electron chi connectivity index (χ3n) is 2.70. The summed E-state index contributed by atoms with van der Waals surface area (Å²) in [6, 6.07) is 7.68. The van der Waals surface area contributed by atoms with Crippen LogP contribution in [0, 0.1) is 0 Å². The van der Waals surface area contributed by atoms with E-state index in [1.165, 1.54) is 5.56 Å². The number of hydrogen-bond acceptors (Lipinski definition) is 3. The zero-order valence-corrected chi connectivity index (χ0v) is 11.3. The van der Waals surface area contributed by atoms with Crippen LogP contribution in [0.1, 0.15) is 31.4 Å². The van der Waals surface area contributed by atoms with Crippen LogP contribution in [0.2, 0.25) is 0 Å². The summed E-state index contributed by atoms with van der Waals surface area (Å²) in [6.45, 7) is 3.90. The molecule has 1 aromatic rings. The lowest BCUT2D eigenvalue weighted by Crippen LogP contribution is -2.20. The van der Waals surface area contributed by atoms with Gasteiger partial charge in [-0.1, -0.05) is 31.2 Å². The molecule has 3 nitrogen and oxygen atoms in total. The van der Waals surface area contributed by atoms with Gasteiger partial charge in [0.05, 0.1) is 11.5 Å². The highest BCUT2D eigenvalue weighted by atomic mass is 32.2. The van der Waals surface area contributed by atoms with E-state index in [-0.39, 0.29) is 17.5 Å². The summed E-state index contributed by atoms with van der Waals surface area (Å²) in [5, 5.41) is 0. The van der Waals surface area contributed by atoms with Crippen molar-refractivity contribution in [1.29, 1.82) is 0 Å². The molecule has 1 atom stereocenters. The quantitative estimate of drug-likeness (QED) is 0.844. The normalized spacial score (nSPS) is 13.6. The molecule has 2 N–H and O–H groups in total. The van der Waals surface area contributed by atoms with Gasteiger partial charge in [0.25, 0.3) is 0 Å². The van der Waals surface area contributed by atoms with E-state index in [1.807, 2.05) is 31.2 Å². The maximum atomic E-state index is 11.8. The van der Waals surface area contributed by atoms with Crippen molar-refractivity contribution in [3.05, 3.63) is 35.4 Å². The van der Waals surface area contributed by atoms with Crippen LogP contribution in [0.15, 0.2) is 24.3 Å². The van der Waals surface area contributed by atoms with Gasteiger partial charge >= 0.3 is 0 Å². The van der Waals surface area contributed by atoms with Crippen LogP contribution in [0.25, 0.3) is 0 Å². The maximum absolute atomic E-state index is 11.8. The van der Waals surface area contributed by atoms with Crippen molar-refractivity contribution in [2.24, 2.45) is 5.73 Å². The van der Waals surface area contributed by atoms with Crippen LogP contribution in [0.4, 0.5) is 0 Å². The van der Waals surface area contributed by atoms with E-state index in [2.05, 4.69) is 6.92 Å². The smallest absolute Gasteiger partial charge is 0.154 e. The van der Waals surface area contributed by atoms with Gasteiger partial charge in [0, 0.05) is 6.04 Å². The predicted molar refractivity (Wildman–Crippen MR) is 71.6 cm³/mol. The van der Waals surface area contributed by atoms with Gasteiger partial charge < -0.3 is 5.73 Å². The predicted octanol–water partition coefficient (Wildman–Crippen LogP) is 1.90. The van der Waals surface area contributed by atoms with Crippen LogP contribution in [-0.4, -0.2) is 20.2 Å². The van der Waals surface area contributed by atoms with Gasteiger partial charge in [-0.15, -0.1) is 0 Å². The summed E-state index contributed by atoms with van der Waals surface area (Å²) in [7, 11) is -3.03. The summed E-state index contributed by atoms with van der Waals surface area (Å²) >= 11 is 0. The van der Waals surface area contributed by atoms with Crippen molar-refractivity contribution < 1.29 is 8.42 Å². The van der Waals surface area contributed by atoms with Crippen LogP contribution in [-0.2, 0) is 22.0 Å². The maximum Gasteiger partial charge on any atom is 0.154 e. The minimum Gasteiger partial charge on any atom is -0.328 e. The highest BCUT2D eigenvalue weighted by Crippen LogP contribution is 2.10. The highest BCUT2D eigenvalue weighted by Gasteiger charge is 2.12. The fraction of sp³-hybridized carbons (Fsp3) is 0.538. The lowest BCUT2D eigenvalue weighted by Gasteiger charge is -2.07. The summed E-state index contributed by atoms with van der Waals surface area (Å²) in [5.74, 6) is 0.282. The molecule has 17 heavy (non-hydrogen) atoms. The number of sulfone groups is 1. The lowest BCUT2D eigenvalue weighted by atomic mass is 10.1. The van der Waals surface area contributed by atoms with Crippen molar-refractivity contribution in [3.63, 3.8) is 0 Å². The molecule has 0 saturated carbocycles. The minimum atomic E-state index is -3.03. The second-order valence-corrected chi connectivity index (χ2v) is 6.71. The number of nitrogens with two attached hydrogens (primary N) is 1. The zero-order chi connectivity index (χ0) is 12.9. The monoisotopic (exact) mass is 255 g/mol. The molecule has 0 radical (unpaired) electrons. The summed E-state index contributed by atoms with van der Waals surface area (Å²) in [6.07, 6.45) is 1.49. The molecule has 0 spiro atoms. The fourth-order valence-electron chi connectivity index (χ4n) is 1.56. The Morgan fingerprint density at radius 1 is 1.18 bits per heavy atom. The van der Waals surface area contributed by atoms with E-state index in [4.69, 9.17) is 5.73 Å². The Hall–Kier alpha value is -0.870. The van der Waals surface area contributed by atoms with Crippen LogP contribution < -0.4 is 5.73 Å². The average Bonchev–Trinajstić information content (AvgIpc) is 2.27. The Labute approximate surface area is 104 Å². The topological polar surface area (TPSA) is 60.2 Å². The molecule has 1 rings (SSSR count). The van der Waals surface area contributed by atoms with E-state index in [9.17, 15) is 8.42 Å². The first-order valence-corrected chi connectivity index (χ1v) is 7.79. The second kappa shape index (κ2) is 6.17. The molecule has 1 aromatic carbocycles. The summed E-state index contributed by atoms with van der Waals surface area (Å²) in [4.78, 5) is 0. The van der Waals surface area contributed by atoms with E-state index >= 15 is 0 Å². The van der Waals surface area contributed by atoms with E-state index < -0.39 is 9.84 Å². The molecular weight excluding hydrogens is 234 g/mol. The van der Waals surface area contributed by atoms with Gasteiger partial charge in [-0.05, 0) is 30.9 Å².